The van der Waals surface area contributed by atoms with Crippen LogP contribution in [0.5, 0.6) is 0 Å². The molecule has 3 aromatic rings. The summed E-state index contributed by atoms with van der Waals surface area (Å²) >= 11 is 1.63. The Kier molecular flexibility index (Phi) is 2.22. The van der Waals surface area contributed by atoms with Crippen molar-refractivity contribution in [1.29, 1.82) is 0 Å². The largest absolute Gasteiger partial charge is 0.352 e. The van der Waals surface area contributed by atoms with Gasteiger partial charge in [-0.05, 0) is 24.5 Å². The quantitative estimate of drug-likeness (QED) is 0.668. The van der Waals surface area contributed by atoms with E-state index in [0.29, 0.717) is 10.9 Å². The molecule has 0 radical (unpaired) electrons. The van der Waals surface area contributed by atoms with E-state index in [0.717, 1.165) is 15.9 Å². The van der Waals surface area contributed by atoms with E-state index in [1.807, 2.05) is 24.5 Å². The molecule has 3 rings (SSSR count). The number of hydrogen-bond acceptors (Lipinski definition) is 3. The maximum absolute atomic E-state index is 12.3. The molecule has 1 N–H and O–H groups in total. The smallest absolute Gasteiger partial charge is 0.215 e. The minimum absolute atomic E-state index is 0.0321. The Bertz CT molecular complexity index is 772. The molecule has 0 aliphatic rings. The van der Waals surface area contributed by atoms with Gasteiger partial charge in [0.05, 0.1) is 11.7 Å². The molecule has 0 unspecified atom stereocenters. The van der Waals surface area contributed by atoms with Crippen molar-refractivity contribution in [2.24, 2.45) is 7.05 Å². The molecular weight excluding hydrogens is 234 g/mol. The Balaban J connectivity index is 2.53. The van der Waals surface area contributed by atoms with Crippen LogP contribution in [0.1, 0.15) is 0 Å². The van der Waals surface area contributed by atoms with Crippen molar-refractivity contribution >= 4 is 33.7 Å². The fourth-order valence-corrected chi connectivity index (χ4v) is 2.46. The van der Waals surface area contributed by atoms with E-state index in [1.54, 1.807) is 29.7 Å². The van der Waals surface area contributed by atoms with Crippen LogP contribution in [0.2, 0.25) is 0 Å². The summed E-state index contributed by atoms with van der Waals surface area (Å²) in [5, 5.41) is 4.82. The number of thioether (sulfide) groups is 1. The molecule has 0 saturated carbocycles. The predicted molar refractivity (Wildman–Crippen MR) is 70.6 cm³/mol. The number of aromatic amines is 1. The van der Waals surface area contributed by atoms with Crippen LogP contribution in [0, 0.1) is 0 Å². The highest BCUT2D eigenvalue weighted by Crippen LogP contribution is 2.20. The minimum Gasteiger partial charge on any atom is -0.352 e. The molecule has 4 nitrogen and oxygen atoms in total. The van der Waals surface area contributed by atoms with Crippen molar-refractivity contribution in [2.75, 3.05) is 6.26 Å². The Hall–Kier alpha value is -1.75. The second-order valence-corrected chi connectivity index (χ2v) is 4.78. The highest BCUT2D eigenvalue weighted by molar-refractivity contribution is 7.98. The number of aryl methyl sites for hydroxylation is 1. The third kappa shape index (κ3) is 1.46. The third-order valence-electron chi connectivity index (χ3n) is 2.89. The highest BCUT2D eigenvalue weighted by Gasteiger charge is 2.09. The van der Waals surface area contributed by atoms with Crippen LogP contribution < -0.4 is 5.43 Å². The van der Waals surface area contributed by atoms with Gasteiger partial charge < -0.3 is 4.98 Å². The molecule has 0 spiro atoms. The third-order valence-corrected chi connectivity index (χ3v) is 3.62. The van der Waals surface area contributed by atoms with E-state index in [-0.39, 0.29) is 5.43 Å². The summed E-state index contributed by atoms with van der Waals surface area (Å²) in [7, 11) is 1.78. The topological polar surface area (TPSA) is 50.7 Å². The van der Waals surface area contributed by atoms with Gasteiger partial charge in [-0.3, -0.25) is 9.48 Å². The van der Waals surface area contributed by atoms with E-state index < -0.39 is 0 Å². The Morgan fingerprint density at radius 1 is 1.35 bits per heavy atom. The average Bonchev–Trinajstić information content (AvgIpc) is 2.71. The molecular formula is C12H11N3OS. The van der Waals surface area contributed by atoms with Crippen LogP contribution in [0.25, 0.3) is 21.9 Å². The van der Waals surface area contributed by atoms with Crippen molar-refractivity contribution in [3.63, 3.8) is 0 Å². The van der Waals surface area contributed by atoms with Gasteiger partial charge in [-0.25, -0.2) is 0 Å². The fraction of sp³-hybridized carbons (Fsp3) is 0.167. The van der Waals surface area contributed by atoms with E-state index in [1.165, 1.54) is 0 Å². The summed E-state index contributed by atoms with van der Waals surface area (Å²) in [5.74, 6) is 0. The maximum Gasteiger partial charge on any atom is 0.215 e. The lowest BCUT2D eigenvalue weighted by molar-refractivity contribution is 0.795. The number of pyridine rings is 1. The van der Waals surface area contributed by atoms with Crippen LogP contribution in [0.3, 0.4) is 0 Å². The predicted octanol–water partition coefficient (Wildman–Crippen LogP) is 2.14. The van der Waals surface area contributed by atoms with Crippen molar-refractivity contribution < 1.29 is 0 Å². The maximum atomic E-state index is 12.3. The van der Waals surface area contributed by atoms with Gasteiger partial charge in [-0.1, -0.05) is 0 Å². The summed E-state index contributed by atoms with van der Waals surface area (Å²) in [4.78, 5) is 16.7. The van der Waals surface area contributed by atoms with Crippen LogP contribution >= 0.6 is 11.8 Å². The Morgan fingerprint density at radius 3 is 2.94 bits per heavy atom. The Labute approximate surface area is 102 Å². The van der Waals surface area contributed by atoms with Crippen molar-refractivity contribution in [1.82, 2.24) is 14.8 Å². The number of fused-ring (bicyclic) bond motifs is 2. The van der Waals surface area contributed by atoms with E-state index in [9.17, 15) is 4.79 Å². The molecule has 0 aliphatic heterocycles. The van der Waals surface area contributed by atoms with Gasteiger partial charge in [-0.15, -0.1) is 11.8 Å². The highest BCUT2D eigenvalue weighted by atomic mass is 32.2. The Morgan fingerprint density at radius 2 is 2.18 bits per heavy atom. The summed E-state index contributed by atoms with van der Waals surface area (Å²) in [6.45, 7) is 0. The number of nitrogens with zero attached hydrogens (tertiary/aromatic N) is 2. The minimum atomic E-state index is 0.0321. The van der Waals surface area contributed by atoms with Gasteiger partial charge in [0.1, 0.15) is 5.52 Å². The summed E-state index contributed by atoms with van der Waals surface area (Å²) < 4.78 is 1.61. The average molecular weight is 245 g/mol. The second-order valence-electron chi connectivity index (χ2n) is 3.90. The number of nitrogens with one attached hydrogen (secondary N) is 1. The second kappa shape index (κ2) is 3.63. The summed E-state index contributed by atoms with van der Waals surface area (Å²) in [6, 6.07) is 5.87. The SMILES string of the molecule is CSc1ccc2[nH]c3cnn(C)c3c(=O)c2c1. The first kappa shape index (κ1) is 10.4. The van der Waals surface area contributed by atoms with Gasteiger partial charge in [0, 0.05) is 22.8 Å². The molecule has 2 heterocycles. The van der Waals surface area contributed by atoms with Crippen LogP contribution in [0.4, 0.5) is 0 Å². The molecule has 0 saturated heterocycles. The zero-order valence-electron chi connectivity index (χ0n) is 9.52. The molecule has 5 heteroatoms. The van der Waals surface area contributed by atoms with Gasteiger partial charge in [0.15, 0.2) is 0 Å². The number of benzene rings is 1. The van der Waals surface area contributed by atoms with Gasteiger partial charge in [-0.2, -0.15) is 5.10 Å². The van der Waals surface area contributed by atoms with Crippen LogP contribution in [-0.4, -0.2) is 21.0 Å². The number of hydrogen-bond donors (Lipinski definition) is 1. The molecule has 0 bridgehead atoms. The number of rotatable bonds is 1. The first-order valence-corrected chi connectivity index (χ1v) is 6.45. The first-order chi connectivity index (χ1) is 8.20. The van der Waals surface area contributed by atoms with E-state index in [4.69, 9.17) is 0 Å². The van der Waals surface area contributed by atoms with Gasteiger partial charge in [0.25, 0.3) is 0 Å². The van der Waals surface area contributed by atoms with Crippen molar-refractivity contribution in [2.45, 2.75) is 4.90 Å². The van der Waals surface area contributed by atoms with Crippen molar-refractivity contribution in [3.8, 4) is 0 Å². The number of H-pyrrole nitrogens is 1. The zero-order valence-corrected chi connectivity index (χ0v) is 10.3. The summed E-state index contributed by atoms with van der Waals surface area (Å²) in [5.41, 5.74) is 2.29. The van der Waals surface area contributed by atoms with Gasteiger partial charge >= 0.3 is 0 Å². The molecule has 0 amide bonds. The lowest BCUT2D eigenvalue weighted by Gasteiger charge is -2.02. The van der Waals surface area contributed by atoms with E-state index in [2.05, 4.69) is 10.1 Å². The molecule has 2 aromatic heterocycles. The first-order valence-electron chi connectivity index (χ1n) is 5.22. The molecule has 1 aromatic carbocycles. The number of aromatic nitrogens is 3. The van der Waals surface area contributed by atoms with Crippen molar-refractivity contribution in [3.05, 3.63) is 34.6 Å². The normalized spacial score (nSPS) is 11.4. The lowest BCUT2D eigenvalue weighted by Crippen LogP contribution is -2.07. The lowest BCUT2D eigenvalue weighted by atomic mass is 10.2. The summed E-state index contributed by atoms with van der Waals surface area (Å²) in [6.07, 6.45) is 3.68. The monoisotopic (exact) mass is 245 g/mol. The van der Waals surface area contributed by atoms with Gasteiger partial charge in [0.2, 0.25) is 5.43 Å². The molecule has 0 atom stereocenters. The molecule has 0 aliphatic carbocycles. The molecule has 17 heavy (non-hydrogen) atoms. The van der Waals surface area contributed by atoms with Crippen LogP contribution in [-0.2, 0) is 7.05 Å². The zero-order chi connectivity index (χ0) is 12.0. The van der Waals surface area contributed by atoms with Crippen LogP contribution in [0.15, 0.2) is 34.1 Å². The van der Waals surface area contributed by atoms with E-state index >= 15 is 0 Å². The molecule has 86 valence electrons. The standard InChI is InChI=1S/C12H11N3OS/c1-15-11-10(6-13-15)14-9-4-3-7(17-2)5-8(9)12(11)16/h3-6H,1-2H3,(H,14,16). The molecule has 0 fully saturated rings. The fourth-order valence-electron chi connectivity index (χ4n) is 2.02.